The van der Waals surface area contributed by atoms with E-state index in [1.165, 1.54) is 12.8 Å². The van der Waals surface area contributed by atoms with Crippen molar-refractivity contribution in [2.24, 2.45) is 0 Å². The number of likely N-dealkylation sites (N-methyl/N-ethyl adjacent to an activating group) is 1. The molecule has 0 spiro atoms. The van der Waals surface area contributed by atoms with Crippen LogP contribution in [0.3, 0.4) is 0 Å². The summed E-state index contributed by atoms with van der Waals surface area (Å²) < 4.78 is 2.04. The zero-order valence-electron chi connectivity index (χ0n) is 16.7. The normalized spacial score (nSPS) is 23.0. The predicted octanol–water partition coefficient (Wildman–Crippen LogP) is 1.66. The van der Waals surface area contributed by atoms with Gasteiger partial charge in [0, 0.05) is 25.5 Å². The summed E-state index contributed by atoms with van der Waals surface area (Å²) >= 11 is 0. The van der Waals surface area contributed by atoms with Crippen molar-refractivity contribution in [1.29, 1.82) is 0 Å². The van der Waals surface area contributed by atoms with Crippen LogP contribution in [0.1, 0.15) is 68.4 Å². The average Bonchev–Trinajstić information content (AvgIpc) is 3.48. The fraction of sp³-hybridized carbons (Fsp3) is 0.684. The Morgan fingerprint density at radius 1 is 1.21 bits per heavy atom. The molecule has 9 nitrogen and oxygen atoms in total. The third-order valence-corrected chi connectivity index (χ3v) is 6.24. The van der Waals surface area contributed by atoms with Crippen molar-refractivity contribution < 1.29 is 4.79 Å². The van der Waals surface area contributed by atoms with Gasteiger partial charge in [-0.05, 0) is 48.8 Å². The first-order valence-corrected chi connectivity index (χ1v) is 10.3. The van der Waals surface area contributed by atoms with E-state index in [0.29, 0.717) is 19.1 Å². The van der Waals surface area contributed by atoms with Crippen molar-refractivity contribution >= 4 is 5.91 Å². The van der Waals surface area contributed by atoms with Crippen molar-refractivity contribution in [2.75, 3.05) is 26.2 Å². The molecule has 1 saturated heterocycles. The summed E-state index contributed by atoms with van der Waals surface area (Å²) in [5.74, 6) is 1.01. The van der Waals surface area contributed by atoms with Crippen LogP contribution in [0.15, 0.2) is 18.5 Å². The van der Waals surface area contributed by atoms with Crippen molar-refractivity contribution in [1.82, 2.24) is 40.0 Å². The van der Waals surface area contributed by atoms with Gasteiger partial charge in [0.2, 0.25) is 5.82 Å². The van der Waals surface area contributed by atoms with Crippen LogP contribution in [0, 0.1) is 0 Å². The zero-order valence-corrected chi connectivity index (χ0v) is 16.7. The maximum Gasteiger partial charge on any atom is 0.291 e. The molecule has 0 radical (unpaired) electrons. The van der Waals surface area contributed by atoms with Gasteiger partial charge in [-0.1, -0.05) is 26.7 Å². The van der Waals surface area contributed by atoms with E-state index < -0.39 is 0 Å². The highest BCUT2D eigenvalue weighted by molar-refractivity contribution is 5.90. The average molecular weight is 384 g/mol. The highest BCUT2D eigenvalue weighted by Crippen LogP contribution is 2.40. The fourth-order valence-corrected chi connectivity index (χ4v) is 4.82. The molecule has 1 atom stereocenters. The van der Waals surface area contributed by atoms with Crippen LogP contribution in [0.25, 0.3) is 0 Å². The molecule has 3 heterocycles. The Morgan fingerprint density at radius 3 is 2.61 bits per heavy atom. The molecule has 2 fully saturated rings. The molecule has 28 heavy (non-hydrogen) atoms. The highest BCUT2D eigenvalue weighted by atomic mass is 16.2. The zero-order chi connectivity index (χ0) is 19.6. The van der Waals surface area contributed by atoms with Crippen molar-refractivity contribution in [3.8, 4) is 0 Å². The SMILES string of the molecule is CCN(CC)C1(c2nnnn2C2CCCC2)CCN(C(=O)c2ncccn2)C1. The monoisotopic (exact) mass is 384 g/mol. The molecule has 0 aromatic carbocycles. The van der Waals surface area contributed by atoms with Gasteiger partial charge in [0.15, 0.2) is 5.82 Å². The molecule has 150 valence electrons. The molecule has 1 aliphatic carbocycles. The second-order valence-corrected chi connectivity index (χ2v) is 7.64. The minimum absolute atomic E-state index is 0.130. The van der Waals surface area contributed by atoms with Gasteiger partial charge in [-0.15, -0.1) is 5.10 Å². The van der Waals surface area contributed by atoms with E-state index in [1.807, 2.05) is 9.58 Å². The van der Waals surface area contributed by atoms with E-state index >= 15 is 0 Å². The Labute approximate surface area is 165 Å². The lowest BCUT2D eigenvalue weighted by Gasteiger charge is -2.39. The number of hydrogen-bond acceptors (Lipinski definition) is 7. The maximum absolute atomic E-state index is 13.0. The second-order valence-electron chi connectivity index (χ2n) is 7.64. The molecule has 2 aliphatic rings. The number of hydrogen-bond donors (Lipinski definition) is 0. The predicted molar refractivity (Wildman–Crippen MR) is 102 cm³/mol. The minimum atomic E-state index is -0.375. The summed E-state index contributed by atoms with van der Waals surface area (Å²) in [6, 6.07) is 2.08. The van der Waals surface area contributed by atoms with Crippen LogP contribution in [0.4, 0.5) is 0 Å². The van der Waals surface area contributed by atoms with E-state index in [-0.39, 0.29) is 17.3 Å². The third-order valence-electron chi connectivity index (χ3n) is 6.24. The summed E-state index contributed by atoms with van der Waals surface area (Å²) in [6.45, 7) is 7.25. The van der Waals surface area contributed by atoms with Crippen LogP contribution < -0.4 is 0 Å². The quantitative estimate of drug-likeness (QED) is 0.748. The van der Waals surface area contributed by atoms with E-state index in [0.717, 1.165) is 38.2 Å². The van der Waals surface area contributed by atoms with Crippen molar-refractivity contribution in [2.45, 2.75) is 57.5 Å². The van der Waals surface area contributed by atoms with E-state index in [2.05, 4.69) is 44.2 Å². The second kappa shape index (κ2) is 7.90. The molecule has 0 N–H and O–H groups in total. The molecule has 4 rings (SSSR count). The summed E-state index contributed by atoms with van der Waals surface area (Å²) in [5.41, 5.74) is -0.375. The van der Waals surface area contributed by atoms with Gasteiger partial charge in [-0.2, -0.15) is 0 Å². The summed E-state index contributed by atoms with van der Waals surface area (Å²) in [5, 5.41) is 12.9. The Bertz CT molecular complexity index is 799. The lowest BCUT2D eigenvalue weighted by molar-refractivity contribution is 0.0652. The fourth-order valence-electron chi connectivity index (χ4n) is 4.82. The number of likely N-dealkylation sites (tertiary alicyclic amines) is 1. The first-order chi connectivity index (χ1) is 13.7. The first kappa shape index (κ1) is 18.9. The Balaban J connectivity index is 1.68. The number of rotatable bonds is 6. The first-order valence-electron chi connectivity index (χ1n) is 10.3. The van der Waals surface area contributed by atoms with Crippen LogP contribution >= 0.6 is 0 Å². The molecule has 0 bridgehead atoms. The van der Waals surface area contributed by atoms with E-state index in [1.54, 1.807) is 18.5 Å². The molecular weight excluding hydrogens is 356 g/mol. The topological polar surface area (TPSA) is 92.9 Å². The van der Waals surface area contributed by atoms with Crippen molar-refractivity contribution in [3.05, 3.63) is 30.1 Å². The van der Waals surface area contributed by atoms with Gasteiger partial charge in [-0.25, -0.2) is 14.6 Å². The lowest BCUT2D eigenvalue weighted by Crippen LogP contribution is -2.50. The number of amides is 1. The van der Waals surface area contributed by atoms with Gasteiger partial charge in [0.05, 0.1) is 6.04 Å². The largest absolute Gasteiger partial charge is 0.334 e. The third kappa shape index (κ3) is 3.17. The number of carbonyl (C=O) groups is 1. The number of nitrogens with zero attached hydrogens (tertiary/aromatic N) is 8. The van der Waals surface area contributed by atoms with Crippen LogP contribution in [-0.2, 0) is 5.54 Å². The summed E-state index contributed by atoms with van der Waals surface area (Å²) in [7, 11) is 0. The number of tetrazole rings is 1. The molecule has 2 aromatic heterocycles. The molecular formula is C19H28N8O. The minimum Gasteiger partial charge on any atom is -0.334 e. The van der Waals surface area contributed by atoms with Crippen LogP contribution in [-0.4, -0.2) is 72.1 Å². The standard InChI is InChI=1S/C19H28N8O/c1-3-26(4-2)19(18-22-23-24-27(18)15-8-5-6-9-15)10-13-25(14-19)17(28)16-20-11-7-12-21-16/h7,11-12,15H,3-6,8-10,13-14H2,1-2H3. The lowest BCUT2D eigenvalue weighted by atomic mass is 9.94. The molecule has 1 aliphatic heterocycles. The highest BCUT2D eigenvalue weighted by Gasteiger charge is 2.49. The molecule has 1 saturated carbocycles. The molecule has 1 amide bonds. The summed E-state index contributed by atoms with van der Waals surface area (Å²) in [6.07, 6.45) is 8.69. The number of aromatic nitrogens is 6. The van der Waals surface area contributed by atoms with Gasteiger partial charge in [-0.3, -0.25) is 9.69 Å². The van der Waals surface area contributed by atoms with Crippen LogP contribution in [0.2, 0.25) is 0 Å². The Kier molecular flexibility index (Phi) is 5.34. The van der Waals surface area contributed by atoms with Crippen molar-refractivity contribution in [3.63, 3.8) is 0 Å². The maximum atomic E-state index is 13.0. The molecule has 1 unspecified atom stereocenters. The van der Waals surface area contributed by atoms with Crippen LogP contribution in [0.5, 0.6) is 0 Å². The van der Waals surface area contributed by atoms with E-state index in [4.69, 9.17) is 0 Å². The molecule has 9 heteroatoms. The summed E-state index contributed by atoms with van der Waals surface area (Å²) in [4.78, 5) is 25.5. The van der Waals surface area contributed by atoms with Gasteiger partial charge in [0.25, 0.3) is 5.91 Å². The number of carbonyl (C=O) groups excluding carboxylic acids is 1. The van der Waals surface area contributed by atoms with Gasteiger partial charge in [0.1, 0.15) is 5.54 Å². The Morgan fingerprint density at radius 2 is 1.93 bits per heavy atom. The Hall–Kier alpha value is -2.42. The van der Waals surface area contributed by atoms with Gasteiger partial charge < -0.3 is 4.90 Å². The van der Waals surface area contributed by atoms with E-state index in [9.17, 15) is 4.79 Å². The molecule has 2 aromatic rings. The smallest absolute Gasteiger partial charge is 0.291 e. The van der Waals surface area contributed by atoms with Gasteiger partial charge >= 0.3 is 0 Å².